The van der Waals surface area contributed by atoms with Crippen molar-refractivity contribution < 1.29 is 22.8 Å². The summed E-state index contributed by atoms with van der Waals surface area (Å²) in [5.74, 6) is -1.29. The predicted octanol–water partition coefficient (Wildman–Crippen LogP) is 4.94. The molecule has 2 aromatic carbocycles. The molecule has 9 heteroatoms. The second-order valence-electron chi connectivity index (χ2n) is 7.53. The van der Waals surface area contributed by atoms with Gasteiger partial charge in [-0.05, 0) is 79.7 Å². The van der Waals surface area contributed by atoms with Crippen LogP contribution >= 0.6 is 12.2 Å². The highest BCUT2D eigenvalue weighted by molar-refractivity contribution is 7.80. The lowest BCUT2D eigenvalue weighted by atomic mass is 10.0. The summed E-state index contributed by atoms with van der Waals surface area (Å²) in [5, 5.41) is 2.49. The lowest BCUT2D eigenvalue weighted by molar-refractivity contribution is -0.137. The van der Waals surface area contributed by atoms with Crippen molar-refractivity contribution >= 4 is 40.9 Å². The van der Waals surface area contributed by atoms with Crippen LogP contribution in [0.5, 0.6) is 0 Å². The number of aryl methyl sites for hydroxylation is 1. The summed E-state index contributed by atoms with van der Waals surface area (Å²) in [6.07, 6.45) is -1.60. The van der Waals surface area contributed by atoms with E-state index in [2.05, 4.69) is 5.32 Å². The molecule has 168 valence electrons. The first-order chi connectivity index (χ1) is 15.6. The SMILES string of the molecule is Cc1cccc(N2C(=O)/C(=C/c3cccn3-c3cccc(C(F)(F)F)c3)C(=O)NC2=S)c1C. The lowest BCUT2D eigenvalue weighted by Gasteiger charge is -2.30. The molecule has 1 saturated heterocycles. The van der Waals surface area contributed by atoms with Crippen molar-refractivity contribution in [3.05, 3.63) is 88.8 Å². The summed E-state index contributed by atoms with van der Waals surface area (Å²) < 4.78 is 40.9. The molecule has 0 bridgehead atoms. The molecule has 0 atom stereocenters. The Balaban J connectivity index is 1.77. The van der Waals surface area contributed by atoms with Gasteiger partial charge >= 0.3 is 6.18 Å². The molecule has 3 aromatic rings. The van der Waals surface area contributed by atoms with Crippen LogP contribution < -0.4 is 10.2 Å². The molecule has 0 radical (unpaired) electrons. The zero-order valence-electron chi connectivity index (χ0n) is 17.6. The average molecular weight is 469 g/mol. The first-order valence-electron chi connectivity index (χ1n) is 9.90. The Labute approximate surface area is 193 Å². The molecule has 0 spiro atoms. The summed E-state index contributed by atoms with van der Waals surface area (Å²) >= 11 is 5.25. The van der Waals surface area contributed by atoms with Crippen LogP contribution in [0, 0.1) is 13.8 Å². The van der Waals surface area contributed by atoms with Crippen LogP contribution in [0.25, 0.3) is 11.8 Å². The van der Waals surface area contributed by atoms with E-state index in [0.29, 0.717) is 11.4 Å². The molecule has 1 aliphatic heterocycles. The lowest BCUT2D eigenvalue weighted by Crippen LogP contribution is -2.54. The van der Waals surface area contributed by atoms with Crippen LogP contribution in [0.2, 0.25) is 0 Å². The third kappa shape index (κ3) is 4.19. The van der Waals surface area contributed by atoms with E-state index in [0.717, 1.165) is 23.3 Å². The number of halogens is 3. The van der Waals surface area contributed by atoms with Crippen molar-refractivity contribution in [2.75, 3.05) is 4.90 Å². The molecule has 1 aromatic heterocycles. The standard InChI is InChI=1S/C24H18F3N3O2S/c1-14-6-3-10-20(15(14)2)30-22(32)19(21(31)28-23(30)33)13-18-9-5-11-29(18)17-8-4-7-16(12-17)24(25,26)27/h3-13H,1-2H3,(H,28,31,33)/b19-13+. The topological polar surface area (TPSA) is 54.3 Å². The molecular weight excluding hydrogens is 451 g/mol. The third-order valence-corrected chi connectivity index (χ3v) is 5.73. The van der Waals surface area contributed by atoms with Crippen LogP contribution in [0.3, 0.4) is 0 Å². The highest BCUT2D eigenvalue weighted by atomic mass is 32.1. The number of hydrogen-bond donors (Lipinski definition) is 1. The number of alkyl halides is 3. The average Bonchev–Trinajstić information content (AvgIpc) is 3.22. The maximum atomic E-state index is 13.3. The summed E-state index contributed by atoms with van der Waals surface area (Å²) in [6.45, 7) is 3.74. The van der Waals surface area contributed by atoms with E-state index in [-0.39, 0.29) is 16.4 Å². The number of hydrogen-bond acceptors (Lipinski definition) is 3. The Morgan fingerprint density at radius 1 is 1.00 bits per heavy atom. The van der Waals surface area contributed by atoms with Gasteiger partial charge in [-0.3, -0.25) is 19.8 Å². The minimum absolute atomic E-state index is 0.0379. The Bertz CT molecular complexity index is 1320. The van der Waals surface area contributed by atoms with Gasteiger partial charge < -0.3 is 4.57 Å². The van der Waals surface area contributed by atoms with Crippen molar-refractivity contribution in [3.8, 4) is 5.69 Å². The highest BCUT2D eigenvalue weighted by Gasteiger charge is 2.35. The fourth-order valence-corrected chi connectivity index (χ4v) is 3.85. The van der Waals surface area contributed by atoms with Gasteiger partial charge in [-0.15, -0.1) is 0 Å². The zero-order valence-corrected chi connectivity index (χ0v) is 18.4. The molecule has 0 aliphatic carbocycles. The minimum Gasteiger partial charge on any atom is -0.317 e. The van der Waals surface area contributed by atoms with Gasteiger partial charge in [0.1, 0.15) is 5.57 Å². The van der Waals surface area contributed by atoms with E-state index in [1.54, 1.807) is 30.5 Å². The summed E-state index contributed by atoms with van der Waals surface area (Å²) in [7, 11) is 0. The molecule has 1 aliphatic rings. The molecule has 33 heavy (non-hydrogen) atoms. The van der Waals surface area contributed by atoms with Crippen LogP contribution in [0.4, 0.5) is 18.9 Å². The first-order valence-corrected chi connectivity index (χ1v) is 10.3. The number of carbonyl (C=O) groups excluding carboxylic acids is 2. The minimum atomic E-state index is -4.50. The Morgan fingerprint density at radius 2 is 1.73 bits per heavy atom. The van der Waals surface area contributed by atoms with E-state index >= 15 is 0 Å². The molecule has 0 saturated carbocycles. The van der Waals surface area contributed by atoms with Crippen molar-refractivity contribution in [1.29, 1.82) is 0 Å². The molecule has 5 nitrogen and oxygen atoms in total. The number of amides is 2. The normalized spacial score (nSPS) is 15.8. The van der Waals surface area contributed by atoms with Crippen LogP contribution in [0.1, 0.15) is 22.4 Å². The number of benzene rings is 2. The van der Waals surface area contributed by atoms with Crippen molar-refractivity contribution in [2.45, 2.75) is 20.0 Å². The quantitative estimate of drug-likeness (QED) is 0.336. The fourth-order valence-electron chi connectivity index (χ4n) is 3.58. The van der Waals surface area contributed by atoms with Gasteiger partial charge in [0.25, 0.3) is 11.8 Å². The number of rotatable bonds is 3. The van der Waals surface area contributed by atoms with E-state index in [1.807, 2.05) is 19.9 Å². The molecule has 4 rings (SSSR count). The first kappa shape index (κ1) is 22.5. The maximum Gasteiger partial charge on any atom is 0.416 e. The van der Waals surface area contributed by atoms with Gasteiger partial charge in [0.15, 0.2) is 5.11 Å². The smallest absolute Gasteiger partial charge is 0.317 e. The van der Waals surface area contributed by atoms with Crippen LogP contribution in [-0.2, 0) is 15.8 Å². The highest BCUT2D eigenvalue weighted by Crippen LogP contribution is 2.31. The molecule has 2 heterocycles. The van der Waals surface area contributed by atoms with Crippen molar-refractivity contribution in [3.63, 3.8) is 0 Å². The van der Waals surface area contributed by atoms with Crippen LogP contribution in [-0.4, -0.2) is 21.5 Å². The Hall–Kier alpha value is -3.72. The Kier molecular flexibility index (Phi) is 5.67. The number of carbonyl (C=O) groups is 2. The van der Waals surface area contributed by atoms with E-state index in [9.17, 15) is 22.8 Å². The van der Waals surface area contributed by atoms with Gasteiger partial charge in [-0.1, -0.05) is 18.2 Å². The predicted molar refractivity (Wildman–Crippen MR) is 123 cm³/mol. The van der Waals surface area contributed by atoms with Gasteiger partial charge in [0.2, 0.25) is 0 Å². The number of nitrogens with zero attached hydrogens (tertiary/aromatic N) is 2. The van der Waals surface area contributed by atoms with Crippen molar-refractivity contribution in [1.82, 2.24) is 9.88 Å². The van der Waals surface area contributed by atoms with Gasteiger partial charge in [0, 0.05) is 17.6 Å². The van der Waals surface area contributed by atoms with E-state index in [4.69, 9.17) is 12.2 Å². The van der Waals surface area contributed by atoms with E-state index < -0.39 is 23.6 Å². The van der Waals surface area contributed by atoms with Crippen LogP contribution in [0.15, 0.2) is 66.4 Å². The molecular formula is C24H18F3N3O2S. The largest absolute Gasteiger partial charge is 0.416 e. The zero-order chi connectivity index (χ0) is 23.9. The van der Waals surface area contributed by atoms with Gasteiger partial charge in [-0.25, -0.2) is 0 Å². The Morgan fingerprint density at radius 3 is 2.45 bits per heavy atom. The molecule has 1 N–H and O–H groups in total. The van der Waals surface area contributed by atoms with E-state index in [1.165, 1.54) is 27.7 Å². The molecule has 0 unspecified atom stereocenters. The van der Waals surface area contributed by atoms with Crippen molar-refractivity contribution in [2.24, 2.45) is 0 Å². The number of thiocarbonyl (C=S) groups is 1. The third-order valence-electron chi connectivity index (χ3n) is 5.44. The second kappa shape index (κ2) is 8.32. The second-order valence-corrected chi connectivity index (χ2v) is 7.91. The number of aromatic nitrogens is 1. The monoisotopic (exact) mass is 469 g/mol. The van der Waals surface area contributed by atoms with Gasteiger partial charge in [-0.2, -0.15) is 13.2 Å². The summed E-state index contributed by atoms with van der Waals surface area (Å²) in [4.78, 5) is 27.2. The molecule has 2 amide bonds. The van der Waals surface area contributed by atoms with Gasteiger partial charge in [0.05, 0.1) is 11.3 Å². The number of nitrogens with one attached hydrogen (secondary N) is 1. The molecule has 1 fully saturated rings. The maximum absolute atomic E-state index is 13.3. The number of anilines is 1. The summed E-state index contributed by atoms with van der Waals surface area (Å²) in [6, 6.07) is 13.4. The fraction of sp³-hybridized carbons (Fsp3) is 0.125. The summed E-state index contributed by atoms with van der Waals surface area (Å²) in [5.41, 5.74) is 1.94.